The average Bonchev–Trinajstić information content (AvgIpc) is 2.55. The van der Waals surface area contributed by atoms with E-state index in [1.165, 1.54) is 5.56 Å². The van der Waals surface area contributed by atoms with Crippen LogP contribution in [0.15, 0.2) is 48.5 Å². The third-order valence-corrected chi connectivity index (χ3v) is 4.75. The Kier molecular flexibility index (Phi) is 5.24. The highest BCUT2D eigenvalue weighted by Crippen LogP contribution is 2.25. The number of carbonyl (C=O) groups excluding carboxylic acids is 1. The number of hydrogen-bond donors (Lipinski definition) is 0. The van der Waals surface area contributed by atoms with Gasteiger partial charge < -0.3 is 4.90 Å². The predicted molar refractivity (Wildman–Crippen MR) is 95.3 cm³/mol. The number of amides is 1. The van der Waals surface area contributed by atoms with E-state index in [0.29, 0.717) is 15.6 Å². The second kappa shape index (κ2) is 7.37. The number of halogens is 2. The molecule has 1 aliphatic rings. The lowest BCUT2D eigenvalue weighted by Crippen LogP contribution is -2.44. The highest BCUT2D eigenvalue weighted by atomic mass is 35.5. The van der Waals surface area contributed by atoms with Crippen LogP contribution in [0.4, 0.5) is 0 Å². The lowest BCUT2D eigenvalue weighted by molar-refractivity contribution is 0.0613. The van der Waals surface area contributed by atoms with E-state index in [9.17, 15) is 4.79 Å². The van der Waals surface area contributed by atoms with E-state index < -0.39 is 0 Å². The van der Waals surface area contributed by atoms with Crippen molar-refractivity contribution in [3.63, 3.8) is 0 Å². The third kappa shape index (κ3) is 4.07. The van der Waals surface area contributed by atoms with Crippen LogP contribution in [0, 0.1) is 0 Å². The molecule has 2 nitrogen and oxygen atoms in total. The lowest BCUT2D eigenvalue weighted by Gasteiger charge is -2.36. The first-order valence-electron chi connectivity index (χ1n) is 7.94. The molecule has 2 aromatic carbocycles. The second-order valence-corrected chi connectivity index (χ2v) is 6.87. The quantitative estimate of drug-likeness (QED) is 0.744. The molecule has 4 heteroatoms. The van der Waals surface area contributed by atoms with Crippen LogP contribution in [0.3, 0.4) is 0 Å². The van der Waals surface area contributed by atoms with Crippen molar-refractivity contribution in [3.8, 4) is 0 Å². The Labute approximate surface area is 147 Å². The van der Waals surface area contributed by atoms with Crippen LogP contribution in [0.1, 0.15) is 35.2 Å². The first-order chi connectivity index (χ1) is 11.1. The van der Waals surface area contributed by atoms with Gasteiger partial charge in [-0.05, 0) is 49.4 Å². The fourth-order valence-electron chi connectivity index (χ4n) is 3.21. The molecular formula is C19H19Cl2NO. The van der Waals surface area contributed by atoms with Gasteiger partial charge in [0.05, 0.1) is 0 Å². The van der Waals surface area contributed by atoms with Gasteiger partial charge in [0.2, 0.25) is 0 Å². The fourth-order valence-corrected chi connectivity index (χ4v) is 3.74. The summed E-state index contributed by atoms with van der Waals surface area (Å²) in [6.45, 7) is 0.792. The second-order valence-electron chi connectivity index (χ2n) is 6.00. The molecule has 1 heterocycles. The molecule has 0 bridgehead atoms. The molecule has 0 aromatic heterocycles. The van der Waals surface area contributed by atoms with Crippen molar-refractivity contribution in [1.29, 1.82) is 0 Å². The van der Waals surface area contributed by atoms with Gasteiger partial charge in [0.15, 0.2) is 0 Å². The molecule has 0 N–H and O–H groups in total. The van der Waals surface area contributed by atoms with Crippen molar-refractivity contribution in [2.24, 2.45) is 0 Å². The Hall–Kier alpha value is -1.51. The van der Waals surface area contributed by atoms with Crippen molar-refractivity contribution < 1.29 is 4.79 Å². The van der Waals surface area contributed by atoms with Crippen LogP contribution in [-0.4, -0.2) is 23.4 Å². The molecule has 2 aromatic rings. The van der Waals surface area contributed by atoms with E-state index in [0.717, 1.165) is 32.2 Å². The molecular weight excluding hydrogens is 329 g/mol. The summed E-state index contributed by atoms with van der Waals surface area (Å²) in [7, 11) is 0. The lowest BCUT2D eigenvalue weighted by atomic mass is 9.95. The maximum absolute atomic E-state index is 12.9. The molecule has 23 heavy (non-hydrogen) atoms. The van der Waals surface area contributed by atoms with Gasteiger partial charge in [0.25, 0.3) is 5.91 Å². The average molecular weight is 348 g/mol. The van der Waals surface area contributed by atoms with Crippen LogP contribution in [-0.2, 0) is 6.42 Å². The molecule has 1 saturated heterocycles. The Morgan fingerprint density at radius 1 is 1.04 bits per heavy atom. The van der Waals surface area contributed by atoms with E-state index in [2.05, 4.69) is 12.1 Å². The molecule has 1 fully saturated rings. The van der Waals surface area contributed by atoms with Gasteiger partial charge in [-0.25, -0.2) is 0 Å². The smallest absolute Gasteiger partial charge is 0.254 e. The number of likely N-dealkylation sites (tertiary alicyclic amines) is 1. The van der Waals surface area contributed by atoms with Gasteiger partial charge in [-0.1, -0.05) is 53.5 Å². The molecule has 3 rings (SSSR count). The zero-order chi connectivity index (χ0) is 16.2. The summed E-state index contributed by atoms with van der Waals surface area (Å²) in [5, 5.41) is 0.995. The van der Waals surface area contributed by atoms with Gasteiger partial charge in [-0.15, -0.1) is 0 Å². The standard InChI is InChI=1S/C19H19Cl2NO/c20-16-11-15(12-17(21)13-16)19(23)22-9-5-4-8-18(22)10-14-6-2-1-3-7-14/h1-3,6-7,11-13,18H,4-5,8-10H2/t18-/m1/s1. The molecule has 0 aliphatic carbocycles. The largest absolute Gasteiger partial charge is 0.335 e. The van der Waals surface area contributed by atoms with Crippen LogP contribution in [0.2, 0.25) is 10.0 Å². The van der Waals surface area contributed by atoms with Gasteiger partial charge in [-0.3, -0.25) is 4.79 Å². The topological polar surface area (TPSA) is 20.3 Å². The van der Waals surface area contributed by atoms with Crippen LogP contribution >= 0.6 is 23.2 Å². The first kappa shape index (κ1) is 16.4. The maximum Gasteiger partial charge on any atom is 0.254 e. The van der Waals surface area contributed by atoms with Crippen molar-refractivity contribution in [1.82, 2.24) is 4.90 Å². The molecule has 0 radical (unpaired) electrons. The molecule has 1 aliphatic heterocycles. The molecule has 0 saturated carbocycles. The number of hydrogen-bond acceptors (Lipinski definition) is 1. The minimum atomic E-state index is 0.0232. The minimum Gasteiger partial charge on any atom is -0.335 e. The number of nitrogens with zero attached hydrogens (tertiary/aromatic N) is 1. The van der Waals surface area contributed by atoms with Gasteiger partial charge in [0.1, 0.15) is 0 Å². The van der Waals surface area contributed by atoms with Crippen LogP contribution in [0.5, 0.6) is 0 Å². The van der Waals surface area contributed by atoms with Gasteiger partial charge in [-0.2, -0.15) is 0 Å². The Morgan fingerprint density at radius 3 is 2.43 bits per heavy atom. The Morgan fingerprint density at radius 2 is 1.74 bits per heavy atom. The number of rotatable bonds is 3. The summed E-state index contributed by atoms with van der Waals surface area (Å²) in [6, 6.07) is 15.6. The van der Waals surface area contributed by atoms with Crippen molar-refractivity contribution in [2.75, 3.05) is 6.54 Å². The summed E-state index contributed by atoms with van der Waals surface area (Å²) in [4.78, 5) is 14.9. The van der Waals surface area contributed by atoms with E-state index in [-0.39, 0.29) is 11.9 Å². The molecule has 0 unspecified atom stereocenters. The highest BCUT2D eigenvalue weighted by Gasteiger charge is 2.27. The fraction of sp³-hybridized carbons (Fsp3) is 0.316. The number of piperidine rings is 1. The minimum absolute atomic E-state index is 0.0232. The summed E-state index contributed by atoms with van der Waals surface area (Å²) in [5.74, 6) is 0.0232. The predicted octanol–water partition coefficient (Wildman–Crippen LogP) is 5.23. The molecule has 0 spiro atoms. The van der Waals surface area contributed by atoms with Gasteiger partial charge in [0, 0.05) is 28.2 Å². The zero-order valence-electron chi connectivity index (χ0n) is 12.8. The third-order valence-electron chi connectivity index (χ3n) is 4.31. The van der Waals surface area contributed by atoms with Crippen LogP contribution in [0.25, 0.3) is 0 Å². The monoisotopic (exact) mass is 347 g/mol. The van der Waals surface area contributed by atoms with E-state index >= 15 is 0 Å². The Bertz CT molecular complexity index is 667. The summed E-state index contributed by atoms with van der Waals surface area (Å²) in [5.41, 5.74) is 1.84. The molecule has 120 valence electrons. The summed E-state index contributed by atoms with van der Waals surface area (Å²) >= 11 is 12.1. The van der Waals surface area contributed by atoms with E-state index in [1.54, 1.807) is 18.2 Å². The zero-order valence-corrected chi connectivity index (χ0v) is 14.4. The van der Waals surface area contributed by atoms with Gasteiger partial charge >= 0.3 is 0 Å². The Balaban J connectivity index is 1.81. The summed E-state index contributed by atoms with van der Waals surface area (Å²) < 4.78 is 0. The van der Waals surface area contributed by atoms with E-state index in [4.69, 9.17) is 23.2 Å². The summed E-state index contributed by atoms with van der Waals surface area (Å²) in [6.07, 6.45) is 4.14. The number of carbonyl (C=O) groups is 1. The SMILES string of the molecule is O=C(c1cc(Cl)cc(Cl)c1)N1CCCC[C@@H]1Cc1ccccc1. The normalized spacial score (nSPS) is 18.0. The van der Waals surface area contributed by atoms with Crippen molar-refractivity contribution in [3.05, 3.63) is 69.7 Å². The maximum atomic E-state index is 12.9. The number of benzene rings is 2. The van der Waals surface area contributed by atoms with E-state index in [1.807, 2.05) is 23.1 Å². The van der Waals surface area contributed by atoms with Crippen molar-refractivity contribution in [2.45, 2.75) is 31.7 Å². The molecule has 1 atom stereocenters. The van der Waals surface area contributed by atoms with Crippen LogP contribution < -0.4 is 0 Å². The highest BCUT2D eigenvalue weighted by molar-refractivity contribution is 6.35. The van der Waals surface area contributed by atoms with Crippen molar-refractivity contribution >= 4 is 29.1 Å². The molecule has 1 amide bonds. The first-order valence-corrected chi connectivity index (χ1v) is 8.70.